The molecule has 0 aliphatic heterocycles. The number of carbonyl (C=O) groups excluding carboxylic acids is 1. The van der Waals surface area contributed by atoms with Crippen molar-refractivity contribution in [2.24, 2.45) is 0 Å². The highest BCUT2D eigenvalue weighted by Crippen LogP contribution is 2.30. The first kappa shape index (κ1) is 15.7. The maximum absolute atomic E-state index is 12.2. The van der Waals surface area contributed by atoms with Gasteiger partial charge in [-0.2, -0.15) is 0 Å². The summed E-state index contributed by atoms with van der Waals surface area (Å²) >= 11 is 1.50. The average Bonchev–Trinajstić information content (AvgIpc) is 3.12. The number of amides is 1. The van der Waals surface area contributed by atoms with Gasteiger partial charge in [-0.3, -0.25) is 4.79 Å². The van der Waals surface area contributed by atoms with Crippen LogP contribution in [-0.4, -0.2) is 21.5 Å². The van der Waals surface area contributed by atoms with Gasteiger partial charge in [-0.1, -0.05) is 19.1 Å². The fourth-order valence-corrected chi connectivity index (χ4v) is 3.53. The Bertz CT molecular complexity index is 832. The molecule has 2 aromatic heterocycles. The highest BCUT2D eigenvalue weighted by atomic mass is 32.1. The summed E-state index contributed by atoms with van der Waals surface area (Å²) in [6.07, 6.45) is 1.04. The van der Waals surface area contributed by atoms with Gasteiger partial charge in [0.15, 0.2) is 5.82 Å². The minimum atomic E-state index is -0.0191. The summed E-state index contributed by atoms with van der Waals surface area (Å²) < 4.78 is 2.24. The van der Waals surface area contributed by atoms with E-state index in [2.05, 4.69) is 22.9 Å². The molecule has 120 valence electrons. The van der Waals surface area contributed by atoms with Gasteiger partial charge in [-0.25, -0.2) is 4.98 Å². The quantitative estimate of drug-likeness (QED) is 0.759. The van der Waals surface area contributed by atoms with Gasteiger partial charge in [0, 0.05) is 12.6 Å². The van der Waals surface area contributed by atoms with Crippen molar-refractivity contribution in [1.29, 1.82) is 0 Å². The molecule has 0 saturated carbocycles. The molecule has 0 fully saturated rings. The summed E-state index contributed by atoms with van der Waals surface area (Å²) in [7, 11) is 0. The van der Waals surface area contributed by atoms with Crippen molar-refractivity contribution < 1.29 is 4.79 Å². The molecule has 5 heteroatoms. The zero-order valence-corrected chi connectivity index (χ0v) is 14.5. The largest absolute Gasteiger partial charge is 0.349 e. The van der Waals surface area contributed by atoms with Crippen LogP contribution in [0.25, 0.3) is 21.7 Å². The monoisotopic (exact) mass is 327 g/mol. The third kappa shape index (κ3) is 3.15. The molecule has 4 nitrogen and oxygen atoms in total. The minimum Gasteiger partial charge on any atom is -0.349 e. The fourth-order valence-electron chi connectivity index (χ4n) is 2.63. The van der Waals surface area contributed by atoms with Gasteiger partial charge >= 0.3 is 0 Å². The number of aromatic nitrogens is 2. The Kier molecular flexibility index (Phi) is 4.48. The van der Waals surface area contributed by atoms with Crippen LogP contribution in [-0.2, 0) is 6.54 Å². The lowest BCUT2D eigenvalue weighted by molar-refractivity contribution is 0.0947. The maximum Gasteiger partial charge on any atom is 0.261 e. The number of hydrogen-bond acceptors (Lipinski definition) is 3. The van der Waals surface area contributed by atoms with Gasteiger partial charge in [0.1, 0.15) is 0 Å². The van der Waals surface area contributed by atoms with Crippen LogP contribution >= 0.6 is 11.3 Å². The molecule has 0 spiro atoms. The number of thiophene rings is 1. The van der Waals surface area contributed by atoms with Crippen LogP contribution in [0, 0.1) is 0 Å². The second-order valence-electron chi connectivity index (χ2n) is 5.87. The summed E-state index contributed by atoms with van der Waals surface area (Å²) in [6, 6.07) is 12.2. The first-order valence-electron chi connectivity index (χ1n) is 7.96. The molecule has 2 heterocycles. The Balaban J connectivity index is 2.02. The van der Waals surface area contributed by atoms with E-state index in [4.69, 9.17) is 4.98 Å². The normalized spacial score (nSPS) is 11.3. The second kappa shape index (κ2) is 6.54. The molecule has 0 aliphatic rings. The van der Waals surface area contributed by atoms with Crippen LogP contribution < -0.4 is 5.32 Å². The number of fused-ring (bicyclic) bond motifs is 1. The first-order valence-corrected chi connectivity index (χ1v) is 8.78. The standard InChI is InChI=1S/C18H21N3OS/c1-4-11-21-14-8-6-5-7-13(14)20-17(21)15-9-10-16(23-15)18(22)19-12(2)3/h5-10,12H,4,11H2,1-3H3,(H,19,22). The molecule has 1 aromatic carbocycles. The smallest absolute Gasteiger partial charge is 0.261 e. The number of hydrogen-bond donors (Lipinski definition) is 1. The average molecular weight is 327 g/mol. The number of benzene rings is 1. The predicted octanol–water partition coefficient (Wildman–Crippen LogP) is 4.31. The van der Waals surface area contributed by atoms with Gasteiger partial charge in [0.25, 0.3) is 5.91 Å². The van der Waals surface area contributed by atoms with Crippen LogP contribution in [0.3, 0.4) is 0 Å². The minimum absolute atomic E-state index is 0.0191. The lowest BCUT2D eigenvalue weighted by Gasteiger charge is -2.07. The van der Waals surface area contributed by atoms with Gasteiger partial charge in [0.05, 0.1) is 20.8 Å². The molecule has 0 atom stereocenters. The number of carbonyl (C=O) groups is 1. The Morgan fingerprint density at radius 2 is 2.04 bits per heavy atom. The summed E-state index contributed by atoms with van der Waals surface area (Å²) in [4.78, 5) is 18.7. The molecular formula is C18H21N3OS. The molecule has 1 N–H and O–H groups in total. The molecule has 0 saturated heterocycles. The third-order valence-corrected chi connectivity index (χ3v) is 4.65. The number of para-hydroxylation sites is 2. The lowest BCUT2D eigenvalue weighted by Crippen LogP contribution is -2.29. The van der Waals surface area contributed by atoms with E-state index in [1.807, 2.05) is 44.2 Å². The molecule has 0 aliphatic carbocycles. The number of rotatable bonds is 5. The summed E-state index contributed by atoms with van der Waals surface area (Å²) in [6.45, 7) is 7.01. The molecule has 3 rings (SSSR count). The topological polar surface area (TPSA) is 46.9 Å². The maximum atomic E-state index is 12.2. The number of nitrogens with zero attached hydrogens (tertiary/aromatic N) is 2. The zero-order valence-electron chi connectivity index (χ0n) is 13.7. The van der Waals surface area contributed by atoms with Crippen molar-refractivity contribution >= 4 is 28.3 Å². The molecule has 1 amide bonds. The van der Waals surface area contributed by atoms with Crippen molar-refractivity contribution in [1.82, 2.24) is 14.9 Å². The second-order valence-corrected chi connectivity index (χ2v) is 6.95. The summed E-state index contributed by atoms with van der Waals surface area (Å²) in [5.41, 5.74) is 2.14. The Hall–Kier alpha value is -2.14. The van der Waals surface area contributed by atoms with Crippen molar-refractivity contribution in [2.45, 2.75) is 39.8 Å². The Morgan fingerprint density at radius 1 is 1.26 bits per heavy atom. The molecule has 3 aromatic rings. The van der Waals surface area contributed by atoms with Crippen molar-refractivity contribution in [3.8, 4) is 10.7 Å². The van der Waals surface area contributed by atoms with E-state index in [-0.39, 0.29) is 11.9 Å². The van der Waals surface area contributed by atoms with Gasteiger partial charge in [0.2, 0.25) is 0 Å². The number of imidazole rings is 1. The van der Waals surface area contributed by atoms with Crippen molar-refractivity contribution in [3.05, 3.63) is 41.3 Å². The van der Waals surface area contributed by atoms with Crippen LogP contribution in [0.15, 0.2) is 36.4 Å². The number of aryl methyl sites for hydroxylation is 1. The van der Waals surface area contributed by atoms with E-state index in [9.17, 15) is 4.79 Å². The van der Waals surface area contributed by atoms with E-state index >= 15 is 0 Å². The van der Waals surface area contributed by atoms with E-state index in [0.29, 0.717) is 0 Å². The van der Waals surface area contributed by atoms with Crippen LogP contribution in [0.4, 0.5) is 0 Å². The van der Waals surface area contributed by atoms with Gasteiger partial charge in [-0.05, 0) is 44.5 Å². The highest BCUT2D eigenvalue weighted by molar-refractivity contribution is 7.17. The van der Waals surface area contributed by atoms with E-state index in [1.54, 1.807) is 0 Å². The first-order chi connectivity index (χ1) is 11.1. The molecule has 0 unspecified atom stereocenters. The van der Waals surface area contributed by atoms with Crippen LogP contribution in [0.2, 0.25) is 0 Å². The predicted molar refractivity (Wildman–Crippen MR) is 95.9 cm³/mol. The Labute approximate surface area is 140 Å². The highest BCUT2D eigenvalue weighted by Gasteiger charge is 2.16. The number of nitrogens with one attached hydrogen (secondary N) is 1. The molecule has 0 bridgehead atoms. The third-order valence-electron chi connectivity index (χ3n) is 3.57. The zero-order chi connectivity index (χ0) is 16.4. The van der Waals surface area contributed by atoms with E-state index in [0.717, 1.165) is 39.6 Å². The van der Waals surface area contributed by atoms with Crippen molar-refractivity contribution in [3.63, 3.8) is 0 Å². The summed E-state index contributed by atoms with van der Waals surface area (Å²) in [5.74, 6) is 0.927. The molecule has 0 radical (unpaired) electrons. The van der Waals surface area contributed by atoms with E-state index in [1.165, 1.54) is 11.3 Å². The van der Waals surface area contributed by atoms with Gasteiger partial charge in [-0.15, -0.1) is 11.3 Å². The van der Waals surface area contributed by atoms with E-state index < -0.39 is 0 Å². The molecule has 23 heavy (non-hydrogen) atoms. The Morgan fingerprint density at radius 3 is 2.78 bits per heavy atom. The summed E-state index contributed by atoms with van der Waals surface area (Å²) in [5, 5.41) is 2.93. The van der Waals surface area contributed by atoms with Crippen molar-refractivity contribution in [2.75, 3.05) is 0 Å². The lowest BCUT2D eigenvalue weighted by atomic mass is 10.3. The fraction of sp³-hybridized carbons (Fsp3) is 0.333. The SMILES string of the molecule is CCCn1c(-c2ccc(C(=O)NC(C)C)s2)nc2ccccc21. The molecular weight excluding hydrogens is 306 g/mol. The van der Waals surface area contributed by atoms with Crippen LogP contribution in [0.5, 0.6) is 0 Å². The van der Waals surface area contributed by atoms with Crippen LogP contribution in [0.1, 0.15) is 36.9 Å². The van der Waals surface area contributed by atoms with Gasteiger partial charge < -0.3 is 9.88 Å².